The average Bonchev–Trinajstić information content (AvgIpc) is 2.93. The molecule has 2 rings (SSSR count). The minimum absolute atomic E-state index is 0.186. The summed E-state index contributed by atoms with van der Waals surface area (Å²) in [5.41, 5.74) is 13.3. The second-order valence-corrected chi connectivity index (χ2v) is 8.37. The van der Waals surface area contributed by atoms with E-state index in [1.165, 1.54) is 17.3 Å². The van der Waals surface area contributed by atoms with Gasteiger partial charge < -0.3 is 31.3 Å². The van der Waals surface area contributed by atoms with Crippen molar-refractivity contribution in [3.63, 3.8) is 0 Å². The van der Waals surface area contributed by atoms with Crippen LogP contribution in [0.1, 0.15) is 31.4 Å². The Morgan fingerprint density at radius 3 is 2.31 bits per heavy atom. The van der Waals surface area contributed by atoms with Crippen molar-refractivity contribution in [1.29, 1.82) is 0 Å². The molecule has 0 saturated carbocycles. The van der Waals surface area contributed by atoms with Crippen LogP contribution < -0.4 is 16.8 Å². The van der Waals surface area contributed by atoms with Gasteiger partial charge in [-0.15, -0.1) is 19.7 Å². The van der Waals surface area contributed by atoms with E-state index in [2.05, 4.69) is 55.0 Å². The van der Waals surface area contributed by atoms with Gasteiger partial charge >= 0.3 is 6.09 Å². The Hall–Kier alpha value is -3.33. The highest BCUT2D eigenvalue weighted by Crippen LogP contribution is 2.23. The van der Waals surface area contributed by atoms with E-state index in [4.69, 9.17) is 22.1 Å². The van der Waals surface area contributed by atoms with Gasteiger partial charge in [0.2, 0.25) is 0 Å². The molecule has 0 aromatic heterocycles. The summed E-state index contributed by atoms with van der Waals surface area (Å²) in [5.74, 6) is 0. The van der Waals surface area contributed by atoms with E-state index < -0.39 is 0 Å². The first kappa shape index (κ1) is 40.2. The molecule has 1 fully saturated rings. The van der Waals surface area contributed by atoms with E-state index in [-0.39, 0.29) is 6.09 Å². The van der Waals surface area contributed by atoms with Gasteiger partial charge in [-0.3, -0.25) is 0 Å². The Balaban J connectivity index is -0.000000469. The van der Waals surface area contributed by atoms with E-state index in [1.807, 2.05) is 51.1 Å². The van der Waals surface area contributed by atoms with Gasteiger partial charge in [-0.1, -0.05) is 48.6 Å². The van der Waals surface area contributed by atoms with Gasteiger partial charge in [0, 0.05) is 58.0 Å². The number of piperazine rings is 1. The first-order valence-corrected chi connectivity index (χ1v) is 13.1. The van der Waals surface area contributed by atoms with Crippen molar-refractivity contribution in [3.05, 3.63) is 91.8 Å². The molecule has 1 amide bonds. The van der Waals surface area contributed by atoms with Gasteiger partial charge in [0.1, 0.15) is 0 Å². The quantitative estimate of drug-likeness (QED) is 0.220. The third kappa shape index (κ3) is 24.7. The number of carbonyl (C=O) groups excluding carboxylic acids is 1. The molecule has 0 bridgehead atoms. The zero-order valence-corrected chi connectivity index (χ0v) is 25.3. The number of benzene rings is 1. The highest BCUT2D eigenvalue weighted by atomic mass is 35.5. The van der Waals surface area contributed by atoms with E-state index in [1.54, 1.807) is 23.5 Å². The molecule has 1 aliphatic heterocycles. The van der Waals surface area contributed by atoms with Gasteiger partial charge in [-0.25, -0.2) is 9.79 Å². The van der Waals surface area contributed by atoms with Gasteiger partial charge in [0.25, 0.3) is 0 Å². The Morgan fingerprint density at radius 1 is 1.26 bits per heavy atom. The lowest BCUT2D eigenvalue weighted by atomic mass is 9.98. The van der Waals surface area contributed by atoms with Crippen molar-refractivity contribution in [2.24, 2.45) is 16.5 Å². The number of carbonyl (C=O) groups is 1. The predicted octanol–water partition coefficient (Wildman–Crippen LogP) is 5.48. The van der Waals surface area contributed by atoms with Crippen LogP contribution in [0, 0.1) is 0 Å². The minimum Gasteiger partial charge on any atom is -0.450 e. The van der Waals surface area contributed by atoms with Crippen LogP contribution in [0.3, 0.4) is 0 Å². The molecule has 0 spiro atoms. The smallest absolute Gasteiger partial charge is 0.409 e. The minimum atomic E-state index is -0.186. The molecule has 220 valence electrons. The maximum Gasteiger partial charge on any atom is 0.409 e. The van der Waals surface area contributed by atoms with Crippen LogP contribution in [0.25, 0.3) is 5.57 Å². The largest absolute Gasteiger partial charge is 0.450 e. The van der Waals surface area contributed by atoms with Gasteiger partial charge in [0.15, 0.2) is 0 Å². The number of nitrogens with zero attached hydrogens (tertiary/aromatic N) is 3. The number of amides is 1. The fourth-order valence-electron chi connectivity index (χ4n) is 2.78. The summed E-state index contributed by atoms with van der Waals surface area (Å²) in [7, 11) is 3.83. The van der Waals surface area contributed by atoms with Crippen LogP contribution in [-0.4, -0.2) is 75.7 Å². The summed E-state index contributed by atoms with van der Waals surface area (Å²) < 4.78 is 4.84. The number of hydrogen-bond acceptors (Lipinski definition) is 6. The standard InChI is InChI=1S/C13H15Cl.C7H14N2O2.C6H13N3.C2H5N.C2H4/c1-4-5-6-11-7-8-12(14)9-13(11)10(2)3;1-2-11-7(10)9-5-3-8-4-6-9;1-9(2)6-8-5-3-4-7;1-2-3;1-2/h4,7-9H,1-2,5-6H2,3H3;8H,2-6H2,1H3;3,5-6H,4,7H2,1-2H3;2H,1,3H2;1-2H2/b;;5-3+,8-6?;;. The number of hydrogen-bond donors (Lipinski definition) is 3. The molecule has 1 aromatic rings. The van der Waals surface area contributed by atoms with Crippen molar-refractivity contribution in [1.82, 2.24) is 15.1 Å². The first-order chi connectivity index (χ1) is 18.7. The maximum atomic E-state index is 11.1. The molecule has 0 aliphatic carbocycles. The van der Waals surface area contributed by atoms with Gasteiger partial charge in [-0.05, 0) is 56.1 Å². The average molecular weight is 563 g/mol. The van der Waals surface area contributed by atoms with E-state index in [9.17, 15) is 4.79 Å². The molecule has 5 N–H and O–H groups in total. The molecular formula is C30H51ClN6O2. The zero-order chi connectivity index (χ0) is 30.5. The monoisotopic (exact) mass is 562 g/mol. The zero-order valence-electron chi connectivity index (χ0n) is 24.5. The van der Waals surface area contributed by atoms with Crippen LogP contribution >= 0.6 is 11.6 Å². The van der Waals surface area contributed by atoms with Gasteiger partial charge in [-0.2, -0.15) is 0 Å². The van der Waals surface area contributed by atoms with E-state index >= 15 is 0 Å². The molecule has 0 radical (unpaired) electrons. The number of ether oxygens (including phenoxy) is 1. The third-order valence-corrected chi connectivity index (χ3v) is 4.65. The highest BCUT2D eigenvalue weighted by molar-refractivity contribution is 6.30. The Labute approximate surface area is 242 Å². The molecule has 1 aromatic carbocycles. The Bertz CT molecular complexity index is 850. The number of aliphatic imine (C=N–C) groups is 1. The molecule has 9 heteroatoms. The second kappa shape index (κ2) is 29.2. The number of nitrogens with two attached hydrogens (primary N) is 2. The molecule has 1 aliphatic rings. The molecule has 0 unspecified atom stereocenters. The van der Waals surface area contributed by atoms with Gasteiger partial charge in [0.05, 0.1) is 12.9 Å². The third-order valence-electron chi connectivity index (χ3n) is 4.42. The SMILES string of the molecule is C=C.C=CCCc1ccc(Cl)cc1C(=C)C.C=CN.CCOC(=O)N1CCNCC1.CN(C)C=N/C=C/CN. The van der Waals surface area contributed by atoms with E-state index in [0.717, 1.165) is 49.6 Å². The highest BCUT2D eigenvalue weighted by Gasteiger charge is 2.16. The molecule has 0 atom stereocenters. The van der Waals surface area contributed by atoms with Crippen molar-refractivity contribution < 1.29 is 9.53 Å². The summed E-state index contributed by atoms with van der Waals surface area (Å²) >= 11 is 5.93. The summed E-state index contributed by atoms with van der Waals surface area (Å²) in [6, 6.07) is 5.96. The number of rotatable bonds is 8. The fourth-order valence-corrected chi connectivity index (χ4v) is 2.95. The molecule has 1 heterocycles. The number of halogens is 1. The lowest BCUT2D eigenvalue weighted by molar-refractivity contribution is 0.102. The normalized spacial score (nSPS) is 11.7. The Kier molecular flexibility index (Phi) is 30.1. The number of nitrogens with one attached hydrogen (secondary N) is 1. The lowest BCUT2D eigenvalue weighted by Crippen LogP contribution is -2.46. The molecule has 1 saturated heterocycles. The van der Waals surface area contributed by atoms with Crippen LogP contribution in [0.4, 0.5) is 4.79 Å². The Morgan fingerprint density at radius 2 is 1.85 bits per heavy atom. The van der Waals surface area contributed by atoms with Crippen molar-refractivity contribution >= 4 is 29.6 Å². The first-order valence-electron chi connectivity index (χ1n) is 12.7. The van der Waals surface area contributed by atoms with Crippen LogP contribution in [0.5, 0.6) is 0 Å². The summed E-state index contributed by atoms with van der Waals surface area (Å²) in [4.78, 5) is 18.6. The molecule has 39 heavy (non-hydrogen) atoms. The van der Waals surface area contributed by atoms with Crippen LogP contribution in [0.15, 0.2) is 80.6 Å². The van der Waals surface area contributed by atoms with Crippen molar-refractivity contribution in [3.8, 4) is 0 Å². The number of aryl methyl sites for hydroxylation is 1. The van der Waals surface area contributed by atoms with Crippen LogP contribution in [-0.2, 0) is 11.2 Å². The molecule has 8 nitrogen and oxygen atoms in total. The number of allylic oxidation sites excluding steroid dienone is 2. The predicted molar refractivity (Wildman–Crippen MR) is 172 cm³/mol. The van der Waals surface area contributed by atoms with E-state index in [0.29, 0.717) is 13.2 Å². The maximum absolute atomic E-state index is 11.1. The lowest BCUT2D eigenvalue weighted by Gasteiger charge is -2.26. The fraction of sp³-hybridized carbons (Fsp3) is 0.400. The summed E-state index contributed by atoms with van der Waals surface area (Å²) in [6.07, 6.45) is 10.2. The van der Waals surface area contributed by atoms with Crippen LogP contribution in [0.2, 0.25) is 5.02 Å². The summed E-state index contributed by atoms with van der Waals surface area (Å²) in [5, 5.41) is 3.93. The van der Waals surface area contributed by atoms with Crippen molar-refractivity contribution in [2.45, 2.75) is 26.7 Å². The van der Waals surface area contributed by atoms with Crippen molar-refractivity contribution in [2.75, 3.05) is 53.4 Å². The topological polar surface area (TPSA) is 109 Å². The second-order valence-electron chi connectivity index (χ2n) is 7.93. The summed E-state index contributed by atoms with van der Waals surface area (Å²) in [6.45, 7) is 24.9. The molecular weight excluding hydrogens is 512 g/mol.